The third-order valence-electron chi connectivity index (χ3n) is 5.45. The molecule has 0 saturated carbocycles. The monoisotopic (exact) mass is 466 g/mol. The van der Waals surface area contributed by atoms with Crippen LogP contribution in [0.5, 0.6) is 0 Å². The van der Waals surface area contributed by atoms with Crippen molar-refractivity contribution in [3.8, 4) is 11.3 Å². The molecule has 0 spiro atoms. The number of aromatic nitrogens is 2. The van der Waals surface area contributed by atoms with Crippen molar-refractivity contribution in [2.45, 2.75) is 23.7 Å². The summed E-state index contributed by atoms with van der Waals surface area (Å²) >= 11 is 1.50. The molecule has 3 heterocycles. The first-order valence-corrected chi connectivity index (χ1v) is 11.7. The number of piperazine rings is 1. The van der Waals surface area contributed by atoms with Gasteiger partial charge in [-0.2, -0.15) is 0 Å². The number of furan rings is 1. The lowest BCUT2D eigenvalue weighted by atomic mass is 10.1. The summed E-state index contributed by atoms with van der Waals surface area (Å²) in [6.45, 7) is 3.39. The molecule has 0 unspecified atom stereocenters. The van der Waals surface area contributed by atoms with Crippen LogP contribution in [0.3, 0.4) is 0 Å². The van der Waals surface area contributed by atoms with Crippen molar-refractivity contribution in [3.05, 3.63) is 66.1 Å². The zero-order valence-corrected chi connectivity index (χ0v) is 19.5. The summed E-state index contributed by atoms with van der Waals surface area (Å²) in [6.07, 6.45) is 0. The number of ether oxygens (including phenoxy) is 1. The number of hydrogen-bond acceptors (Lipinski definition) is 7. The third kappa shape index (κ3) is 5.61. The van der Waals surface area contributed by atoms with Crippen LogP contribution >= 0.6 is 11.8 Å². The van der Waals surface area contributed by atoms with Gasteiger partial charge in [-0.25, -0.2) is 0 Å². The average molecular weight is 467 g/mol. The van der Waals surface area contributed by atoms with E-state index in [4.69, 9.17) is 9.15 Å². The fourth-order valence-electron chi connectivity index (χ4n) is 3.75. The summed E-state index contributed by atoms with van der Waals surface area (Å²) in [5.74, 6) is 1.32. The molecule has 33 heavy (non-hydrogen) atoms. The molecular formula is C24H26N4O4S. The molecule has 1 atom stereocenters. The van der Waals surface area contributed by atoms with E-state index in [0.717, 1.165) is 16.3 Å². The smallest absolute Gasteiger partial charge is 0.289 e. The molecule has 1 aliphatic heterocycles. The van der Waals surface area contributed by atoms with Gasteiger partial charge in [0.25, 0.3) is 5.91 Å². The van der Waals surface area contributed by atoms with Gasteiger partial charge in [-0.05, 0) is 31.2 Å². The Morgan fingerprint density at radius 2 is 1.91 bits per heavy atom. The molecular weight excluding hydrogens is 440 g/mol. The molecule has 172 valence electrons. The number of benzene rings is 1. The molecule has 0 N–H and O–H groups in total. The fourth-order valence-corrected chi connectivity index (χ4v) is 4.46. The molecule has 0 aliphatic carbocycles. The Bertz CT molecular complexity index is 1090. The molecule has 2 aromatic heterocycles. The summed E-state index contributed by atoms with van der Waals surface area (Å²) in [6, 6.07) is 17.2. The van der Waals surface area contributed by atoms with Crippen LogP contribution in [0.1, 0.15) is 23.2 Å². The number of thioether (sulfide) groups is 1. The summed E-state index contributed by atoms with van der Waals surface area (Å²) in [7, 11) is 1.50. The number of methoxy groups -OCH3 is 1. The quantitative estimate of drug-likeness (QED) is 0.494. The van der Waals surface area contributed by atoms with Crippen LogP contribution in [0.2, 0.25) is 0 Å². The zero-order valence-electron chi connectivity index (χ0n) is 18.6. The second-order valence-corrected chi connectivity index (χ2v) is 8.79. The lowest BCUT2D eigenvalue weighted by Gasteiger charge is -2.39. The van der Waals surface area contributed by atoms with Crippen molar-refractivity contribution < 1.29 is 18.7 Å². The van der Waals surface area contributed by atoms with E-state index in [9.17, 15) is 9.59 Å². The molecule has 4 rings (SSSR count). The molecule has 3 aromatic rings. The third-order valence-corrected chi connectivity index (χ3v) is 6.39. The highest BCUT2D eigenvalue weighted by atomic mass is 32.2. The van der Waals surface area contributed by atoms with Crippen molar-refractivity contribution in [3.63, 3.8) is 0 Å². The minimum Gasteiger partial charge on any atom is -0.455 e. The topological polar surface area (TPSA) is 88.8 Å². The van der Waals surface area contributed by atoms with E-state index in [2.05, 4.69) is 10.2 Å². The van der Waals surface area contributed by atoms with E-state index in [0.29, 0.717) is 36.9 Å². The highest BCUT2D eigenvalue weighted by molar-refractivity contribution is 7.98. The Balaban J connectivity index is 1.31. The minimum absolute atomic E-state index is 0.0524. The SMILES string of the molecule is COCC(=O)N1CCN(C(=O)c2ccc(CSc3ccc(-c4ccccc4)nn3)o2)C[C@H]1C. The Labute approximate surface area is 196 Å². The molecule has 0 radical (unpaired) electrons. The predicted octanol–water partition coefficient (Wildman–Crippen LogP) is 3.35. The highest BCUT2D eigenvalue weighted by Crippen LogP contribution is 2.24. The molecule has 0 bridgehead atoms. The van der Waals surface area contributed by atoms with Crippen LogP contribution in [-0.2, 0) is 15.3 Å². The van der Waals surface area contributed by atoms with Crippen LogP contribution < -0.4 is 0 Å². The fraction of sp³-hybridized carbons (Fsp3) is 0.333. The van der Waals surface area contributed by atoms with Crippen molar-refractivity contribution in [2.24, 2.45) is 0 Å². The number of amides is 2. The molecule has 8 nitrogen and oxygen atoms in total. The van der Waals surface area contributed by atoms with E-state index in [-0.39, 0.29) is 24.5 Å². The zero-order chi connectivity index (χ0) is 23.2. The number of nitrogens with zero attached hydrogens (tertiary/aromatic N) is 4. The molecule has 1 fully saturated rings. The Hall–Kier alpha value is -3.17. The van der Waals surface area contributed by atoms with Gasteiger partial charge < -0.3 is 19.0 Å². The van der Waals surface area contributed by atoms with Gasteiger partial charge in [0, 0.05) is 38.3 Å². The van der Waals surface area contributed by atoms with Gasteiger partial charge in [0.15, 0.2) is 5.76 Å². The van der Waals surface area contributed by atoms with Gasteiger partial charge in [0.1, 0.15) is 17.4 Å². The average Bonchev–Trinajstić information content (AvgIpc) is 3.32. The van der Waals surface area contributed by atoms with Gasteiger partial charge in [-0.1, -0.05) is 42.1 Å². The normalized spacial score (nSPS) is 16.1. The molecule has 1 saturated heterocycles. The van der Waals surface area contributed by atoms with E-state index in [1.54, 1.807) is 15.9 Å². The first kappa shape index (κ1) is 23.0. The maximum Gasteiger partial charge on any atom is 0.289 e. The molecule has 2 amide bonds. The van der Waals surface area contributed by atoms with Crippen LogP contribution in [0.15, 0.2) is 64.0 Å². The lowest BCUT2D eigenvalue weighted by molar-refractivity contribution is -0.139. The van der Waals surface area contributed by atoms with Crippen molar-refractivity contribution in [1.82, 2.24) is 20.0 Å². The van der Waals surface area contributed by atoms with E-state index in [1.807, 2.05) is 55.5 Å². The van der Waals surface area contributed by atoms with Gasteiger partial charge in [0.2, 0.25) is 5.91 Å². The van der Waals surface area contributed by atoms with Crippen LogP contribution in [0.4, 0.5) is 0 Å². The first-order valence-electron chi connectivity index (χ1n) is 10.7. The van der Waals surface area contributed by atoms with Crippen LogP contribution in [0.25, 0.3) is 11.3 Å². The number of carbonyl (C=O) groups is 2. The number of rotatable bonds is 7. The van der Waals surface area contributed by atoms with Gasteiger partial charge in [0.05, 0.1) is 11.4 Å². The second kappa shape index (κ2) is 10.6. The predicted molar refractivity (Wildman–Crippen MR) is 125 cm³/mol. The summed E-state index contributed by atoms with van der Waals surface area (Å²) < 4.78 is 10.7. The highest BCUT2D eigenvalue weighted by Gasteiger charge is 2.31. The summed E-state index contributed by atoms with van der Waals surface area (Å²) in [4.78, 5) is 28.5. The lowest BCUT2D eigenvalue weighted by Crippen LogP contribution is -2.56. The minimum atomic E-state index is -0.163. The van der Waals surface area contributed by atoms with E-state index >= 15 is 0 Å². The second-order valence-electron chi connectivity index (χ2n) is 7.80. The van der Waals surface area contributed by atoms with E-state index < -0.39 is 0 Å². The van der Waals surface area contributed by atoms with Crippen molar-refractivity contribution in [1.29, 1.82) is 0 Å². The molecule has 1 aliphatic rings. The van der Waals surface area contributed by atoms with Gasteiger partial charge >= 0.3 is 0 Å². The Morgan fingerprint density at radius 3 is 2.61 bits per heavy atom. The first-order chi connectivity index (χ1) is 16.0. The standard InChI is InChI=1S/C24H26N4O4S/c1-17-14-27(12-13-28(17)23(29)15-31-2)24(30)21-10-8-19(32-21)16-33-22-11-9-20(25-26-22)18-6-4-3-5-7-18/h3-11,17H,12-16H2,1-2H3/t17-/m1/s1. The molecule has 9 heteroatoms. The largest absolute Gasteiger partial charge is 0.455 e. The van der Waals surface area contributed by atoms with Crippen LogP contribution in [0, 0.1) is 0 Å². The summed E-state index contributed by atoms with van der Waals surface area (Å²) in [5.41, 5.74) is 1.85. The Morgan fingerprint density at radius 1 is 1.09 bits per heavy atom. The maximum atomic E-state index is 12.9. The van der Waals surface area contributed by atoms with Crippen molar-refractivity contribution >= 4 is 23.6 Å². The molecule has 1 aromatic carbocycles. The van der Waals surface area contributed by atoms with Crippen LogP contribution in [-0.4, -0.2) is 71.2 Å². The summed E-state index contributed by atoms with van der Waals surface area (Å²) in [5, 5.41) is 9.36. The Kier molecular flexibility index (Phi) is 7.41. The maximum absolute atomic E-state index is 12.9. The van der Waals surface area contributed by atoms with E-state index in [1.165, 1.54) is 18.9 Å². The van der Waals surface area contributed by atoms with Crippen molar-refractivity contribution in [2.75, 3.05) is 33.4 Å². The van der Waals surface area contributed by atoms with Gasteiger partial charge in [-0.15, -0.1) is 10.2 Å². The number of carbonyl (C=O) groups excluding carboxylic acids is 2. The van der Waals surface area contributed by atoms with Gasteiger partial charge in [-0.3, -0.25) is 9.59 Å². The number of hydrogen-bond donors (Lipinski definition) is 0.